The van der Waals surface area contributed by atoms with Crippen LogP contribution in [0.3, 0.4) is 0 Å². The van der Waals surface area contributed by atoms with Crippen LogP contribution in [0.15, 0.2) is 101 Å². The van der Waals surface area contributed by atoms with Crippen molar-refractivity contribution in [3.63, 3.8) is 0 Å². The van der Waals surface area contributed by atoms with E-state index in [0.29, 0.717) is 18.5 Å². The Hall–Kier alpha value is -3.70. The van der Waals surface area contributed by atoms with Crippen LogP contribution in [0.2, 0.25) is 0 Å². The van der Waals surface area contributed by atoms with Gasteiger partial charge in [0, 0.05) is 17.5 Å². The molecule has 0 saturated carbocycles. The number of benzene rings is 3. The second-order valence-corrected chi connectivity index (χ2v) is 8.39. The largest absolute Gasteiger partial charge is 0.494 e. The van der Waals surface area contributed by atoms with Crippen molar-refractivity contribution in [3.8, 4) is 28.0 Å². The number of rotatable bonds is 7. The Morgan fingerprint density at radius 2 is 1.47 bits per heavy atom. The third kappa shape index (κ3) is 4.20. The van der Waals surface area contributed by atoms with E-state index in [-0.39, 0.29) is 5.56 Å². The van der Waals surface area contributed by atoms with Crippen LogP contribution in [-0.2, 0) is 6.54 Å². The molecule has 0 aliphatic heterocycles. The highest BCUT2D eigenvalue weighted by atomic mass is 32.1. The topological polar surface area (TPSA) is 44.1 Å². The van der Waals surface area contributed by atoms with Gasteiger partial charge < -0.3 is 4.74 Å². The lowest BCUT2D eigenvalue weighted by atomic mass is 10.0. The van der Waals surface area contributed by atoms with Crippen LogP contribution in [0.4, 0.5) is 0 Å². The highest BCUT2D eigenvalue weighted by Gasteiger charge is 2.13. The molecule has 5 rings (SSSR count). The van der Waals surface area contributed by atoms with Crippen molar-refractivity contribution in [2.45, 2.75) is 13.0 Å². The van der Waals surface area contributed by atoms with E-state index in [2.05, 4.69) is 41.4 Å². The summed E-state index contributed by atoms with van der Waals surface area (Å²) in [6.07, 6.45) is 2.37. The highest BCUT2D eigenvalue weighted by molar-refractivity contribution is 7.17. The number of para-hydroxylation sites is 1. The molecule has 0 unspecified atom stereocenters. The van der Waals surface area contributed by atoms with Gasteiger partial charge in [-0.05, 0) is 35.2 Å². The van der Waals surface area contributed by atoms with Crippen LogP contribution in [0.5, 0.6) is 5.75 Å². The zero-order chi connectivity index (χ0) is 21.8. The van der Waals surface area contributed by atoms with Crippen LogP contribution in [0.1, 0.15) is 6.42 Å². The molecule has 0 amide bonds. The molecule has 0 bridgehead atoms. The lowest BCUT2D eigenvalue weighted by molar-refractivity contribution is 0.301. The fourth-order valence-electron chi connectivity index (χ4n) is 3.75. The predicted molar refractivity (Wildman–Crippen MR) is 131 cm³/mol. The van der Waals surface area contributed by atoms with Gasteiger partial charge in [0.05, 0.1) is 18.3 Å². The highest BCUT2D eigenvalue weighted by Crippen LogP contribution is 2.32. The quantitative estimate of drug-likeness (QED) is 0.282. The fourth-order valence-corrected chi connectivity index (χ4v) is 4.66. The summed E-state index contributed by atoms with van der Waals surface area (Å²) < 4.78 is 7.43. The summed E-state index contributed by atoms with van der Waals surface area (Å²) in [6, 6.07) is 28.4. The van der Waals surface area contributed by atoms with Crippen molar-refractivity contribution in [1.29, 1.82) is 0 Å². The average molecular weight is 439 g/mol. The normalized spacial score (nSPS) is 11.0. The van der Waals surface area contributed by atoms with Gasteiger partial charge in [0.25, 0.3) is 5.56 Å². The first kappa shape index (κ1) is 20.2. The van der Waals surface area contributed by atoms with Crippen molar-refractivity contribution in [3.05, 3.63) is 107 Å². The van der Waals surface area contributed by atoms with Crippen molar-refractivity contribution in [1.82, 2.24) is 9.55 Å². The van der Waals surface area contributed by atoms with Crippen LogP contribution in [0.25, 0.3) is 32.5 Å². The van der Waals surface area contributed by atoms with Gasteiger partial charge in [0.2, 0.25) is 0 Å². The molecule has 0 spiro atoms. The summed E-state index contributed by atoms with van der Waals surface area (Å²) in [5, 5.41) is 2.72. The molecule has 5 aromatic rings. The number of hydrogen-bond donors (Lipinski definition) is 0. The van der Waals surface area contributed by atoms with Gasteiger partial charge in [-0.3, -0.25) is 9.36 Å². The number of ether oxygens (including phenoxy) is 1. The lowest BCUT2D eigenvalue weighted by Gasteiger charge is -2.08. The third-order valence-electron chi connectivity index (χ3n) is 5.42. The fraction of sp³-hybridized carbons (Fsp3) is 0.111. The second-order valence-electron chi connectivity index (χ2n) is 7.53. The number of aryl methyl sites for hydroxylation is 1. The van der Waals surface area contributed by atoms with Gasteiger partial charge in [-0.25, -0.2) is 4.98 Å². The minimum Gasteiger partial charge on any atom is -0.494 e. The van der Waals surface area contributed by atoms with Crippen molar-refractivity contribution < 1.29 is 4.74 Å². The van der Waals surface area contributed by atoms with E-state index in [9.17, 15) is 4.79 Å². The molecule has 0 atom stereocenters. The summed E-state index contributed by atoms with van der Waals surface area (Å²) in [4.78, 5) is 18.5. The maximum Gasteiger partial charge on any atom is 0.262 e. The Morgan fingerprint density at radius 3 is 2.22 bits per heavy atom. The first-order valence-electron chi connectivity index (χ1n) is 10.6. The maximum absolute atomic E-state index is 13.2. The molecule has 0 aliphatic rings. The molecule has 158 valence electrons. The molecule has 32 heavy (non-hydrogen) atoms. The van der Waals surface area contributed by atoms with E-state index >= 15 is 0 Å². The maximum atomic E-state index is 13.2. The van der Waals surface area contributed by atoms with Crippen LogP contribution < -0.4 is 10.3 Å². The Bertz CT molecular complexity index is 1370. The number of hydrogen-bond acceptors (Lipinski definition) is 4. The Morgan fingerprint density at radius 1 is 0.812 bits per heavy atom. The van der Waals surface area contributed by atoms with Crippen LogP contribution >= 0.6 is 11.3 Å². The summed E-state index contributed by atoms with van der Waals surface area (Å²) >= 11 is 1.51. The molecule has 0 aliphatic carbocycles. The molecular formula is C27H22N2O2S. The molecule has 0 saturated heterocycles. The van der Waals surface area contributed by atoms with E-state index in [1.165, 1.54) is 16.9 Å². The minimum absolute atomic E-state index is 0.00176. The van der Waals surface area contributed by atoms with Gasteiger partial charge >= 0.3 is 0 Å². The van der Waals surface area contributed by atoms with Crippen LogP contribution in [0, 0.1) is 0 Å². The molecule has 3 aromatic carbocycles. The number of thiophene rings is 1. The Balaban J connectivity index is 1.36. The van der Waals surface area contributed by atoms with Gasteiger partial charge in [-0.2, -0.15) is 0 Å². The van der Waals surface area contributed by atoms with Crippen molar-refractivity contribution in [2.75, 3.05) is 6.61 Å². The predicted octanol–water partition coefficient (Wildman–Crippen LogP) is 6.26. The van der Waals surface area contributed by atoms with Gasteiger partial charge in [0.1, 0.15) is 10.6 Å². The minimum atomic E-state index is -0.00176. The Labute approximate surface area is 190 Å². The van der Waals surface area contributed by atoms with Gasteiger partial charge in [0.15, 0.2) is 0 Å². The zero-order valence-electron chi connectivity index (χ0n) is 17.5. The first-order valence-corrected chi connectivity index (χ1v) is 11.5. The average Bonchev–Trinajstić information content (AvgIpc) is 3.29. The smallest absolute Gasteiger partial charge is 0.262 e. The van der Waals surface area contributed by atoms with Crippen LogP contribution in [-0.4, -0.2) is 16.2 Å². The van der Waals surface area contributed by atoms with E-state index in [4.69, 9.17) is 4.74 Å². The summed E-state index contributed by atoms with van der Waals surface area (Å²) in [7, 11) is 0. The summed E-state index contributed by atoms with van der Waals surface area (Å²) in [5.41, 5.74) is 4.30. The third-order valence-corrected chi connectivity index (χ3v) is 6.31. The molecule has 2 aromatic heterocycles. The molecular weight excluding hydrogens is 416 g/mol. The van der Waals surface area contributed by atoms with E-state index in [1.54, 1.807) is 10.9 Å². The number of nitrogens with zero attached hydrogens (tertiary/aromatic N) is 2. The lowest BCUT2D eigenvalue weighted by Crippen LogP contribution is -2.21. The van der Waals surface area contributed by atoms with E-state index in [0.717, 1.165) is 33.7 Å². The van der Waals surface area contributed by atoms with Gasteiger partial charge in [-0.15, -0.1) is 11.3 Å². The standard InChI is InChI=1S/C27H22N2O2S/c30-27-25-24(22-14-12-21(13-15-22)20-8-3-1-4-9-20)18-32-26(25)28-19-29(27)16-7-17-31-23-10-5-2-6-11-23/h1-6,8-15,18-19H,7,16-17H2. The molecule has 2 heterocycles. The van der Waals surface area contributed by atoms with E-state index < -0.39 is 0 Å². The van der Waals surface area contributed by atoms with Crippen molar-refractivity contribution in [2.24, 2.45) is 0 Å². The van der Waals surface area contributed by atoms with Crippen molar-refractivity contribution >= 4 is 21.6 Å². The first-order chi connectivity index (χ1) is 15.8. The summed E-state index contributed by atoms with van der Waals surface area (Å²) in [5.74, 6) is 0.840. The molecule has 0 N–H and O–H groups in total. The molecule has 5 heteroatoms. The SMILES string of the molecule is O=c1c2c(-c3ccc(-c4ccccc4)cc3)csc2ncn1CCCOc1ccccc1. The zero-order valence-corrected chi connectivity index (χ0v) is 18.3. The monoisotopic (exact) mass is 438 g/mol. The molecule has 4 nitrogen and oxygen atoms in total. The van der Waals surface area contributed by atoms with E-state index in [1.807, 2.05) is 53.9 Å². The molecule has 0 fully saturated rings. The number of fused-ring (bicyclic) bond motifs is 1. The van der Waals surface area contributed by atoms with Gasteiger partial charge in [-0.1, -0.05) is 72.8 Å². The summed E-state index contributed by atoms with van der Waals surface area (Å²) in [6.45, 7) is 1.11. The molecule has 0 radical (unpaired) electrons. The second kappa shape index (κ2) is 9.20. The number of aromatic nitrogens is 2. The Kier molecular flexibility index (Phi) is 5.81.